The van der Waals surface area contributed by atoms with Crippen LogP contribution in [0.2, 0.25) is 0 Å². The molecule has 0 aliphatic rings. The van der Waals surface area contributed by atoms with Gasteiger partial charge in [-0.3, -0.25) is 4.99 Å². The minimum Gasteiger partial charge on any atom is -0.359 e. The molecule has 94 valence electrons. The summed E-state index contributed by atoms with van der Waals surface area (Å²) in [7, 11) is 3.55. The first kappa shape index (κ1) is 13.5. The first-order valence-corrected chi connectivity index (χ1v) is 5.64. The van der Waals surface area contributed by atoms with Crippen LogP contribution in [-0.4, -0.2) is 26.6 Å². The van der Waals surface area contributed by atoms with Gasteiger partial charge in [-0.2, -0.15) is 0 Å². The molecule has 0 fully saturated rings. The molecule has 0 spiro atoms. The lowest BCUT2D eigenvalue weighted by Gasteiger charge is -2.26. The first-order chi connectivity index (χ1) is 7.99. The van der Waals surface area contributed by atoms with E-state index in [2.05, 4.69) is 29.5 Å². The van der Waals surface area contributed by atoms with E-state index in [0.29, 0.717) is 0 Å². The maximum atomic E-state index is 12.9. The van der Waals surface area contributed by atoms with Gasteiger partial charge in [-0.15, -0.1) is 0 Å². The zero-order valence-corrected chi connectivity index (χ0v) is 10.8. The normalized spacial score (nSPS) is 12.4. The van der Waals surface area contributed by atoms with Gasteiger partial charge in [0.15, 0.2) is 5.96 Å². The van der Waals surface area contributed by atoms with Gasteiger partial charge in [0.05, 0.1) is 0 Å². The monoisotopic (exact) mass is 237 g/mol. The number of rotatable bonds is 3. The molecule has 0 aromatic heterocycles. The van der Waals surface area contributed by atoms with Crippen LogP contribution in [0, 0.1) is 5.82 Å². The summed E-state index contributed by atoms with van der Waals surface area (Å²) < 4.78 is 12.9. The van der Waals surface area contributed by atoms with Gasteiger partial charge in [-0.25, -0.2) is 4.39 Å². The number of benzene rings is 1. The predicted octanol–water partition coefficient (Wildman–Crippen LogP) is 1.90. The Morgan fingerprint density at radius 2 is 1.88 bits per heavy atom. The second-order valence-electron chi connectivity index (χ2n) is 4.57. The van der Waals surface area contributed by atoms with Gasteiger partial charge in [-0.05, 0) is 17.7 Å². The summed E-state index contributed by atoms with van der Waals surface area (Å²) in [4.78, 5) is 4.05. The van der Waals surface area contributed by atoms with E-state index >= 15 is 0 Å². The zero-order chi connectivity index (χ0) is 12.9. The second kappa shape index (κ2) is 5.66. The van der Waals surface area contributed by atoms with Crippen molar-refractivity contribution in [3.05, 3.63) is 35.6 Å². The van der Waals surface area contributed by atoms with Crippen molar-refractivity contribution in [2.75, 3.05) is 20.6 Å². The molecule has 4 heteroatoms. The number of hydrogen-bond donors (Lipinski definition) is 2. The molecule has 0 saturated carbocycles. The van der Waals surface area contributed by atoms with Crippen molar-refractivity contribution in [1.29, 1.82) is 0 Å². The molecular weight excluding hydrogens is 217 g/mol. The van der Waals surface area contributed by atoms with Gasteiger partial charge in [0, 0.05) is 26.1 Å². The van der Waals surface area contributed by atoms with Crippen LogP contribution in [0.15, 0.2) is 29.3 Å². The largest absolute Gasteiger partial charge is 0.359 e. The molecule has 0 aliphatic carbocycles. The average molecular weight is 237 g/mol. The highest BCUT2D eigenvalue weighted by molar-refractivity contribution is 5.79. The highest BCUT2D eigenvalue weighted by Gasteiger charge is 2.20. The Bertz CT molecular complexity index is 382. The van der Waals surface area contributed by atoms with Crippen LogP contribution in [-0.2, 0) is 5.41 Å². The maximum absolute atomic E-state index is 12.9. The van der Waals surface area contributed by atoms with Crippen LogP contribution >= 0.6 is 0 Å². The van der Waals surface area contributed by atoms with Crippen LogP contribution in [0.1, 0.15) is 19.4 Å². The number of halogens is 1. The summed E-state index contributed by atoms with van der Waals surface area (Å²) in [6, 6.07) is 6.62. The minimum absolute atomic E-state index is 0.0828. The summed E-state index contributed by atoms with van der Waals surface area (Å²) in [5, 5.41) is 6.18. The molecule has 0 heterocycles. The highest BCUT2D eigenvalue weighted by atomic mass is 19.1. The maximum Gasteiger partial charge on any atom is 0.190 e. The summed E-state index contributed by atoms with van der Waals surface area (Å²) in [5.74, 6) is 0.545. The summed E-state index contributed by atoms with van der Waals surface area (Å²) in [6.45, 7) is 4.94. The van der Waals surface area contributed by atoms with Gasteiger partial charge in [-0.1, -0.05) is 26.0 Å². The van der Waals surface area contributed by atoms with Crippen LogP contribution in [0.4, 0.5) is 4.39 Å². The number of aliphatic imine (C=N–C) groups is 1. The number of nitrogens with zero attached hydrogens (tertiary/aromatic N) is 1. The van der Waals surface area contributed by atoms with Crippen molar-refractivity contribution in [3.8, 4) is 0 Å². The average Bonchev–Trinajstić information content (AvgIpc) is 2.31. The van der Waals surface area contributed by atoms with Gasteiger partial charge < -0.3 is 10.6 Å². The third kappa shape index (κ3) is 3.73. The van der Waals surface area contributed by atoms with E-state index in [1.165, 1.54) is 12.1 Å². The van der Waals surface area contributed by atoms with E-state index in [1.54, 1.807) is 7.05 Å². The van der Waals surface area contributed by atoms with E-state index in [-0.39, 0.29) is 11.2 Å². The molecule has 0 radical (unpaired) electrons. The summed E-state index contributed by atoms with van der Waals surface area (Å²) in [6.07, 6.45) is 0. The van der Waals surface area contributed by atoms with Crippen LogP contribution < -0.4 is 10.6 Å². The fourth-order valence-electron chi connectivity index (χ4n) is 1.59. The first-order valence-electron chi connectivity index (χ1n) is 5.64. The van der Waals surface area contributed by atoms with E-state index < -0.39 is 0 Å². The Kier molecular flexibility index (Phi) is 4.49. The molecule has 1 aromatic rings. The van der Waals surface area contributed by atoms with Crippen molar-refractivity contribution >= 4 is 5.96 Å². The Morgan fingerprint density at radius 1 is 1.29 bits per heavy atom. The lowest BCUT2D eigenvalue weighted by molar-refractivity contribution is 0.508. The lowest BCUT2D eigenvalue weighted by atomic mass is 9.84. The number of guanidine groups is 1. The molecule has 0 atom stereocenters. The van der Waals surface area contributed by atoms with E-state index in [0.717, 1.165) is 18.1 Å². The van der Waals surface area contributed by atoms with Crippen molar-refractivity contribution in [3.63, 3.8) is 0 Å². The van der Waals surface area contributed by atoms with Crippen molar-refractivity contribution < 1.29 is 4.39 Å². The molecule has 0 amide bonds. The molecule has 1 rings (SSSR count). The molecule has 0 saturated heterocycles. The quantitative estimate of drug-likeness (QED) is 0.622. The number of hydrogen-bond acceptors (Lipinski definition) is 1. The smallest absolute Gasteiger partial charge is 0.190 e. The van der Waals surface area contributed by atoms with Crippen LogP contribution in [0.5, 0.6) is 0 Å². The lowest BCUT2D eigenvalue weighted by Crippen LogP contribution is -2.42. The SMILES string of the molecule is CN=C(NC)NCC(C)(C)c1ccc(F)cc1. The Morgan fingerprint density at radius 3 is 2.35 bits per heavy atom. The standard InChI is InChI=1S/C13H20FN3/c1-13(2,9-17-12(15-3)16-4)10-5-7-11(14)8-6-10/h5-8H,9H2,1-4H3,(H2,15,16,17). The van der Waals surface area contributed by atoms with E-state index in [4.69, 9.17) is 0 Å². The van der Waals surface area contributed by atoms with Crippen LogP contribution in [0.25, 0.3) is 0 Å². The van der Waals surface area contributed by atoms with E-state index in [9.17, 15) is 4.39 Å². The Labute approximate surface area is 102 Å². The summed E-state index contributed by atoms with van der Waals surface area (Å²) in [5.41, 5.74) is 1.01. The van der Waals surface area contributed by atoms with E-state index in [1.807, 2.05) is 19.2 Å². The molecule has 0 unspecified atom stereocenters. The molecule has 0 bridgehead atoms. The van der Waals surface area contributed by atoms with Crippen molar-refractivity contribution in [2.24, 2.45) is 4.99 Å². The summed E-state index contributed by atoms with van der Waals surface area (Å²) >= 11 is 0. The fourth-order valence-corrected chi connectivity index (χ4v) is 1.59. The van der Waals surface area contributed by atoms with Crippen LogP contribution in [0.3, 0.4) is 0 Å². The van der Waals surface area contributed by atoms with Gasteiger partial charge >= 0.3 is 0 Å². The molecular formula is C13H20FN3. The topological polar surface area (TPSA) is 36.4 Å². The Hall–Kier alpha value is -1.58. The molecule has 0 aliphatic heterocycles. The highest BCUT2D eigenvalue weighted by Crippen LogP contribution is 2.22. The number of nitrogens with one attached hydrogen (secondary N) is 2. The van der Waals surface area contributed by atoms with Crippen molar-refractivity contribution in [2.45, 2.75) is 19.3 Å². The molecule has 17 heavy (non-hydrogen) atoms. The molecule has 2 N–H and O–H groups in total. The Balaban J connectivity index is 2.71. The second-order valence-corrected chi connectivity index (χ2v) is 4.57. The van der Waals surface area contributed by atoms with Crippen molar-refractivity contribution in [1.82, 2.24) is 10.6 Å². The molecule has 3 nitrogen and oxygen atoms in total. The zero-order valence-electron chi connectivity index (χ0n) is 10.8. The third-order valence-electron chi connectivity index (χ3n) is 2.78. The predicted molar refractivity (Wildman–Crippen MR) is 69.8 cm³/mol. The van der Waals surface area contributed by atoms with Gasteiger partial charge in [0.25, 0.3) is 0 Å². The minimum atomic E-state index is -0.205. The fraction of sp³-hybridized carbons (Fsp3) is 0.462. The van der Waals surface area contributed by atoms with Gasteiger partial charge in [0.1, 0.15) is 5.82 Å². The molecule has 1 aromatic carbocycles. The third-order valence-corrected chi connectivity index (χ3v) is 2.78. The van der Waals surface area contributed by atoms with Gasteiger partial charge in [0.2, 0.25) is 0 Å².